The van der Waals surface area contributed by atoms with Crippen molar-refractivity contribution < 1.29 is 4.79 Å². The molecule has 0 aliphatic rings. The summed E-state index contributed by atoms with van der Waals surface area (Å²) in [7, 11) is 0. The van der Waals surface area contributed by atoms with Crippen LogP contribution >= 0.6 is 11.3 Å². The number of hydrogen-bond donors (Lipinski definition) is 2. The maximum Gasteiger partial charge on any atom is 0.267 e. The van der Waals surface area contributed by atoms with Crippen LogP contribution in [0.2, 0.25) is 0 Å². The number of amides is 1. The molecule has 0 unspecified atom stereocenters. The molecule has 1 amide bonds. The zero-order valence-corrected chi connectivity index (χ0v) is 16.3. The van der Waals surface area contributed by atoms with Crippen molar-refractivity contribution >= 4 is 33.9 Å². The number of nitrogens with zero attached hydrogens (tertiary/aromatic N) is 3. The van der Waals surface area contributed by atoms with E-state index in [0.29, 0.717) is 21.7 Å². The molecule has 3 aromatic rings. The summed E-state index contributed by atoms with van der Waals surface area (Å²) in [5.74, 6) is 1.19. The van der Waals surface area contributed by atoms with E-state index in [2.05, 4.69) is 37.7 Å². The van der Waals surface area contributed by atoms with Crippen molar-refractivity contribution in [3.05, 3.63) is 57.5 Å². The summed E-state index contributed by atoms with van der Waals surface area (Å²) in [6, 6.07) is 5.96. The zero-order chi connectivity index (χ0) is 18.8. The Morgan fingerprint density at radius 3 is 2.35 bits per heavy atom. The van der Waals surface area contributed by atoms with E-state index < -0.39 is 0 Å². The summed E-state index contributed by atoms with van der Waals surface area (Å²) in [4.78, 5) is 26.0. The van der Waals surface area contributed by atoms with E-state index in [1.54, 1.807) is 6.20 Å². The van der Waals surface area contributed by atoms with E-state index in [1.807, 2.05) is 40.7 Å². The van der Waals surface area contributed by atoms with E-state index in [1.165, 1.54) is 16.9 Å². The molecule has 0 saturated carbocycles. The summed E-state index contributed by atoms with van der Waals surface area (Å²) in [5, 5.41) is 6.74. The Balaban J connectivity index is 1.76. The van der Waals surface area contributed by atoms with Gasteiger partial charge < -0.3 is 10.6 Å². The third-order valence-corrected chi connectivity index (χ3v) is 4.76. The van der Waals surface area contributed by atoms with Gasteiger partial charge in [-0.2, -0.15) is 0 Å². The third kappa shape index (κ3) is 4.05. The zero-order valence-electron chi connectivity index (χ0n) is 15.5. The topological polar surface area (TPSA) is 79.8 Å². The van der Waals surface area contributed by atoms with Crippen LogP contribution in [0.5, 0.6) is 0 Å². The van der Waals surface area contributed by atoms with Gasteiger partial charge in [0.2, 0.25) is 0 Å². The molecule has 7 heteroatoms. The van der Waals surface area contributed by atoms with Crippen molar-refractivity contribution in [3.63, 3.8) is 0 Å². The molecule has 0 spiro atoms. The molecule has 26 heavy (non-hydrogen) atoms. The highest BCUT2D eigenvalue weighted by molar-refractivity contribution is 7.17. The molecule has 2 heterocycles. The second kappa shape index (κ2) is 7.21. The van der Waals surface area contributed by atoms with Crippen LogP contribution in [0.3, 0.4) is 0 Å². The molecule has 0 aliphatic carbocycles. The molecular formula is C19H21N5OS. The molecule has 0 radical (unpaired) electrons. The Morgan fingerprint density at radius 1 is 1.00 bits per heavy atom. The van der Waals surface area contributed by atoms with Gasteiger partial charge in [0.15, 0.2) is 5.13 Å². The molecule has 0 aliphatic heterocycles. The Labute approximate surface area is 156 Å². The molecule has 0 fully saturated rings. The lowest BCUT2D eigenvalue weighted by atomic mass is 10.1. The monoisotopic (exact) mass is 367 g/mol. The second-order valence-electron chi connectivity index (χ2n) is 6.32. The van der Waals surface area contributed by atoms with Gasteiger partial charge in [-0.1, -0.05) is 29.0 Å². The first-order valence-corrected chi connectivity index (χ1v) is 9.08. The van der Waals surface area contributed by atoms with Crippen molar-refractivity contribution in [2.24, 2.45) is 0 Å². The predicted octanol–water partition coefficient (Wildman–Crippen LogP) is 4.47. The highest BCUT2D eigenvalue weighted by atomic mass is 32.1. The van der Waals surface area contributed by atoms with Gasteiger partial charge >= 0.3 is 0 Å². The Morgan fingerprint density at radius 2 is 1.69 bits per heavy atom. The molecule has 0 atom stereocenters. The van der Waals surface area contributed by atoms with Crippen LogP contribution in [-0.4, -0.2) is 20.9 Å². The van der Waals surface area contributed by atoms with E-state index >= 15 is 0 Å². The summed E-state index contributed by atoms with van der Waals surface area (Å²) < 4.78 is 0. The van der Waals surface area contributed by atoms with Gasteiger partial charge in [0.05, 0.1) is 6.20 Å². The van der Waals surface area contributed by atoms with Gasteiger partial charge in [-0.3, -0.25) is 4.79 Å². The number of nitrogens with one attached hydrogen (secondary N) is 2. The number of rotatable bonds is 4. The van der Waals surface area contributed by atoms with Crippen LogP contribution in [0, 0.1) is 34.6 Å². The van der Waals surface area contributed by atoms with Crippen LogP contribution in [0.25, 0.3) is 0 Å². The first-order chi connectivity index (χ1) is 12.3. The van der Waals surface area contributed by atoms with Crippen LogP contribution in [0.15, 0.2) is 24.4 Å². The number of carbonyl (C=O) groups is 1. The van der Waals surface area contributed by atoms with Crippen LogP contribution in [0.1, 0.15) is 37.9 Å². The smallest absolute Gasteiger partial charge is 0.267 e. The van der Waals surface area contributed by atoms with Crippen molar-refractivity contribution in [2.75, 3.05) is 10.6 Å². The van der Waals surface area contributed by atoms with E-state index in [4.69, 9.17) is 0 Å². The van der Waals surface area contributed by atoms with Gasteiger partial charge in [0.25, 0.3) is 5.91 Å². The lowest BCUT2D eigenvalue weighted by molar-refractivity contribution is 0.103. The molecule has 3 rings (SSSR count). The quantitative estimate of drug-likeness (QED) is 0.711. The molecule has 0 bridgehead atoms. The van der Waals surface area contributed by atoms with E-state index in [9.17, 15) is 4.79 Å². The van der Waals surface area contributed by atoms with Crippen LogP contribution in [-0.2, 0) is 0 Å². The summed E-state index contributed by atoms with van der Waals surface area (Å²) in [6.45, 7) is 9.78. The van der Waals surface area contributed by atoms with Crippen molar-refractivity contribution in [1.29, 1.82) is 0 Å². The fourth-order valence-corrected chi connectivity index (χ4v) is 3.60. The molecular weight excluding hydrogens is 346 g/mol. The minimum Gasteiger partial charge on any atom is -0.321 e. The largest absolute Gasteiger partial charge is 0.321 e. The number of thiazole rings is 1. The van der Waals surface area contributed by atoms with E-state index in [-0.39, 0.29) is 5.91 Å². The van der Waals surface area contributed by atoms with E-state index in [0.717, 1.165) is 22.5 Å². The van der Waals surface area contributed by atoms with Crippen molar-refractivity contribution in [3.8, 4) is 0 Å². The summed E-state index contributed by atoms with van der Waals surface area (Å²) in [6.07, 6.45) is 1.57. The standard InChI is InChI=1S/C19H21N5OS/c1-10-6-11(2)17(12(3)7-10)24-18(25)15-9-20-19(26-15)23-16-8-13(4)21-14(5)22-16/h6-9H,1-5H3,(H,24,25)(H,20,21,22,23). The van der Waals surface area contributed by atoms with Gasteiger partial charge in [-0.25, -0.2) is 15.0 Å². The normalized spacial score (nSPS) is 10.7. The van der Waals surface area contributed by atoms with Gasteiger partial charge in [0.1, 0.15) is 16.5 Å². The lowest BCUT2D eigenvalue weighted by Crippen LogP contribution is -2.12. The fourth-order valence-electron chi connectivity index (χ4n) is 2.88. The minimum atomic E-state index is -0.166. The summed E-state index contributed by atoms with van der Waals surface area (Å²) >= 11 is 1.29. The SMILES string of the molecule is Cc1cc(C)c(NC(=O)c2cnc(Nc3cc(C)nc(C)n3)s2)c(C)c1. The number of hydrogen-bond acceptors (Lipinski definition) is 6. The lowest BCUT2D eigenvalue weighted by Gasteiger charge is -2.12. The molecule has 2 N–H and O–H groups in total. The van der Waals surface area contributed by atoms with Crippen LogP contribution < -0.4 is 10.6 Å². The van der Waals surface area contributed by atoms with Crippen LogP contribution in [0.4, 0.5) is 16.6 Å². The van der Waals surface area contributed by atoms with Crippen molar-refractivity contribution in [2.45, 2.75) is 34.6 Å². The first-order valence-electron chi connectivity index (χ1n) is 8.26. The number of anilines is 3. The maximum atomic E-state index is 12.6. The van der Waals surface area contributed by atoms with Gasteiger partial charge in [-0.05, 0) is 45.7 Å². The number of benzene rings is 1. The predicted molar refractivity (Wildman–Crippen MR) is 106 cm³/mol. The third-order valence-electron chi connectivity index (χ3n) is 3.85. The average Bonchev–Trinajstić information content (AvgIpc) is 2.98. The number of aryl methyl sites for hydroxylation is 5. The Kier molecular flexibility index (Phi) is 4.99. The number of aromatic nitrogens is 3. The molecule has 0 saturated heterocycles. The minimum absolute atomic E-state index is 0.166. The van der Waals surface area contributed by atoms with Gasteiger partial charge in [-0.15, -0.1) is 0 Å². The first kappa shape index (κ1) is 18.0. The fraction of sp³-hybridized carbons (Fsp3) is 0.263. The molecule has 1 aromatic carbocycles. The maximum absolute atomic E-state index is 12.6. The number of carbonyl (C=O) groups excluding carboxylic acids is 1. The molecule has 6 nitrogen and oxygen atoms in total. The highest BCUT2D eigenvalue weighted by Gasteiger charge is 2.14. The molecule has 2 aromatic heterocycles. The Hall–Kier alpha value is -2.80. The Bertz CT molecular complexity index is 937. The summed E-state index contributed by atoms with van der Waals surface area (Å²) in [5.41, 5.74) is 5.00. The van der Waals surface area contributed by atoms with Gasteiger partial charge in [0, 0.05) is 17.4 Å². The van der Waals surface area contributed by atoms with Crippen molar-refractivity contribution in [1.82, 2.24) is 15.0 Å². The highest BCUT2D eigenvalue weighted by Crippen LogP contribution is 2.26. The second-order valence-corrected chi connectivity index (χ2v) is 7.35. The average molecular weight is 367 g/mol. The molecule has 134 valence electrons.